The zero-order valence-electron chi connectivity index (χ0n) is 13.3. The van der Waals surface area contributed by atoms with Crippen molar-refractivity contribution in [1.82, 2.24) is 20.4 Å². The van der Waals surface area contributed by atoms with Crippen LogP contribution in [0.2, 0.25) is 0 Å². The molecule has 0 amide bonds. The predicted octanol–water partition coefficient (Wildman–Crippen LogP) is 3.02. The Morgan fingerprint density at radius 1 is 1.28 bits per heavy atom. The summed E-state index contributed by atoms with van der Waals surface area (Å²) in [4.78, 5) is 3.94. The molecule has 0 spiro atoms. The van der Waals surface area contributed by atoms with E-state index in [1.165, 1.54) is 7.05 Å². The molecule has 2 aromatic rings. The SMILES string of the molecule is CN=C(NCCn1cccn1)NCc1ccc(F)cc1C(F)(F)F.I. The topological polar surface area (TPSA) is 54.2 Å². The normalized spacial score (nSPS) is 11.8. The fourth-order valence-electron chi connectivity index (χ4n) is 2.09. The van der Waals surface area contributed by atoms with Crippen molar-refractivity contribution < 1.29 is 17.6 Å². The summed E-state index contributed by atoms with van der Waals surface area (Å²) in [5, 5.41) is 9.79. The number of benzene rings is 1. The summed E-state index contributed by atoms with van der Waals surface area (Å²) < 4.78 is 53.6. The zero-order valence-corrected chi connectivity index (χ0v) is 15.7. The first-order chi connectivity index (χ1) is 11.4. The van der Waals surface area contributed by atoms with Crippen molar-refractivity contribution in [1.29, 1.82) is 0 Å². The third-order valence-corrected chi connectivity index (χ3v) is 3.24. The van der Waals surface area contributed by atoms with Crippen LogP contribution in [0.3, 0.4) is 0 Å². The number of halogens is 5. The molecule has 1 aromatic carbocycles. The minimum atomic E-state index is -4.61. The Kier molecular flexibility index (Phi) is 8.13. The lowest BCUT2D eigenvalue weighted by molar-refractivity contribution is -0.138. The van der Waals surface area contributed by atoms with Gasteiger partial charge in [0.05, 0.1) is 12.1 Å². The van der Waals surface area contributed by atoms with E-state index in [1.807, 2.05) is 0 Å². The molecule has 0 aliphatic heterocycles. The molecule has 2 rings (SSSR count). The highest BCUT2D eigenvalue weighted by Gasteiger charge is 2.33. The van der Waals surface area contributed by atoms with E-state index in [0.29, 0.717) is 25.1 Å². The second-order valence-electron chi connectivity index (χ2n) is 4.92. The monoisotopic (exact) mass is 471 g/mol. The predicted molar refractivity (Wildman–Crippen MR) is 97.2 cm³/mol. The number of guanidine groups is 1. The van der Waals surface area contributed by atoms with Gasteiger partial charge in [-0.3, -0.25) is 9.67 Å². The fourth-order valence-corrected chi connectivity index (χ4v) is 2.09. The van der Waals surface area contributed by atoms with E-state index in [1.54, 1.807) is 23.1 Å². The number of rotatable bonds is 5. The molecule has 1 heterocycles. The Morgan fingerprint density at radius 3 is 2.64 bits per heavy atom. The van der Waals surface area contributed by atoms with E-state index in [0.717, 1.165) is 12.1 Å². The average molecular weight is 471 g/mol. The standard InChI is InChI=1S/C15H17F4N5.HI/c1-20-14(21-6-8-24-7-2-5-23-24)22-10-11-3-4-12(16)9-13(11)15(17,18)19;/h2-5,7,9H,6,8,10H2,1H3,(H2,20,21,22);1H. The summed E-state index contributed by atoms with van der Waals surface area (Å²) in [6.07, 6.45) is -1.16. The first-order valence-electron chi connectivity index (χ1n) is 7.17. The van der Waals surface area contributed by atoms with Crippen molar-refractivity contribution in [2.75, 3.05) is 13.6 Å². The van der Waals surface area contributed by atoms with Crippen molar-refractivity contribution in [3.63, 3.8) is 0 Å². The summed E-state index contributed by atoms with van der Waals surface area (Å²) in [5.41, 5.74) is -1.05. The first-order valence-corrected chi connectivity index (χ1v) is 7.17. The van der Waals surface area contributed by atoms with Crippen molar-refractivity contribution >= 4 is 29.9 Å². The van der Waals surface area contributed by atoms with Gasteiger partial charge in [0.2, 0.25) is 0 Å². The van der Waals surface area contributed by atoms with Gasteiger partial charge in [0.15, 0.2) is 5.96 Å². The average Bonchev–Trinajstić information content (AvgIpc) is 3.04. The maximum absolute atomic E-state index is 13.1. The summed E-state index contributed by atoms with van der Waals surface area (Å²) in [6, 6.07) is 4.40. The maximum Gasteiger partial charge on any atom is 0.416 e. The lowest BCUT2D eigenvalue weighted by Crippen LogP contribution is -2.38. The van der Waals surface area contributed by atoms with Crippen LogP contribution >= 0.6 is 24.0 Å². The molecule has 2 N–H and O–H groups in total. The molecule has 0 bridgehead atoms. The Labute approximate surface area is 159 Å². The van der Waals surface area contributed by atoms with E-state index < -0.39 is 17.6 Å². The molecule has 10 heteroatoms. The van der Waals surface area contributed by atoms with Crippen molar-refractivity contribution in [2.45, 2.75) is 19.3 Å². The van der Waals surface area contributed by atoms with E-state index in [9.17, 15) is 17.6 Å². The molecule has 1 aromatic heterocycles. The number of nitrogens with one attached hydrogen (secondary N) is 2. The van der Waals surface area contributed by atoms with Crippen LogP contribution in [0, 0.1) is 5.82 Å². The van der Waals surface area contributed by atoms with Gasteiger partial charge in [0.1, 0.15) is 5.82 Å². The van der Waals surface area contributed by atoms with Gasteiger partial charge in [-0.25, -0.2) is 4.39 Å². The zero-order chi connectivity index (χ0) is 17.6. The fraction of sp³-hybridized carbons (Fsp3) is 0.333. The molecule has 0 unspecified atom stereocenters. The molecule has 138 valence electrons. The summed E-state index contributed by atoms with van der Waals surface area (Å²) in [6.45, 7) is 0.950. The molecule has 0 aliphatic carbocycles. The summed E-state index contributed by atoms with van der Waals surface area (Å²) in [5.74, 6) is -0.576. The van der Waals surface area contributed by atoms with E-state index >= 15 is 0 Å². The van der Waals surface area contributed by atoms with Gasteiger partial charge in [-0.2, -0.15) is 18.3 Å². The van der Waals surface area contributed by atoms with Gasteiger partial charge in [-0.1, -0.05) is 6.07 Å². The molecule has 0 aliphatic rings. The number of nitrogens with zero attached hydrogens (tertiary/aromatic N) is 3. The van der Waals surface area contributed by atoms with Crippen LogP contribution in [0.5, 0.6) is 0 Å². The summed E-state index contributed by atoms with van der Waals surface area (Å²) in [7, 11) is 1.51. The van der Waals surface area contributed by atoms with Crippen LogP contribution in [0.25, 0.3) is 0 Å². The molecule has 0 saturated carbocycles. The first kappa shape index (κ1) is 21.2. The van der Waals surface area contributed by atoms with Gasteiger partial charge in [-0.05, 0) is 23.8 Å². The van der Waals surface area contributed by atoms with Crippen LogP contribution < -0.4 is 10.6 Å². The van der Waals surface area contributed by atoms with Gasteiger partial charge in [0.25, 0.3) is 0 Å². The second-order valence-corrected chi connectivity index (χ2v) is 4.92. The molecular formula is C15H18F4IN5. The molecule has 0 saturated heterocycles. The third-order valence-electron chi connectivity index (χ3n) is 3.24. The number of aliphatic imine (C=N–C) groups is 1. The van der Waals surface area contributed by atoms with Crippen molar-refractivity contribution in [3.05, 3.63) is 53.6 Å². The Balaban J connectivity index is 0.00000312. The summed E-state index contributed by atoms with van der Waals surface area (Å²) >= 11 is 0. The van der Waals surface area contributed by atoms with Crippen LogP contribution in [-0.4, -0.2) is 29.3 Å². The minimum absolute atomic E-state index is 0. The Morgan fingerprint density at radius 2 is 2.04 bits per heavy atom. The number of hydrogen-bond acceptors (Lipinski definition) is 2. The van der Waals surface area contributed by atoms with E-state index in [-0.39, 0.29) is 36.1 Å². The molecular weight excluding hydrogens is 453 g/mol. The van der Waals surface area contributed by atoms with Crippen LogP contribution in [0.4, 0.5) is 17.6 Å². The van der Waals surface area contributed by atoms with Crippen LogP contribution in [-0.2, 0) is 19.3 Å². The van der Waals surface area contributed by atoms with Crippen molar-refractivity contribution in [3.8, 4) is 0 Å². The van der Waals surface area contributed by atoms with Crippen LogP contribution in [0.1, 0.15) is 11.1 Å². The van der Waals surface area contributed by atoms with E-state index in [4.69, 9.17) is 0 Å². The van der Waals surface area contributed by atoms with Gasteiger partial charge in [-0.15, -0.1) is 24.0 Å². The maximum atomic E-state index is 13.1. The van der Waals surface area contributed by atoms with E-state index in [2.05, 4.69) is 20.7 Å². The Bertz CT molecular complexity index is 686. The third kappa shape index (κ3) is 6.52. The smallest absolute Gasteiger partial charge is 0.355 e. The minimum Gasteiger partial charge on any atom is -0.355 e. The number of alkyl halides is 3. The lowest BCUT2D eigenvalue weighted by Gasteiger charge is -2.16. The highest BCUT2D eigenvalue weighted by molar-refractivity contribution is 14.0. The number of hydrogen-bond donors (Lipinski definition) is 2. The van der Waals surface area contributed by atoms with Crippen LogP contribution in [0.15, 0.2) is 41.7 Å². The van der Waals surface area contributed by atoms with Gasteiger partial charge >= 0.3 is 6.18 Å². The highest BCUT2D eigenvalue weighted by atomic mass is 127. The van der Waals surface area contributed by atoms with Gasteiger partial charge in [0, 0.05) is 32.5 Å². The largest absolute Gasteiger partial charge is 0.416 e. The quantitative estimate of drug-likeness (QED) is 0.305. The number of aromatic nitrogens is 2. The van der Waals surface area contributed by atoms with Gasteiger partial charge < -0.3 is 10.6 Å². The molecule has 0 radical (unpaired) electrons. The lowest BCUT2D eigenvalue weighted by atomic mass is 10.1. The molecule has 0 fully saturated rings. The molecule has 5 nitrogen and oxygen atoms in total. The molecule has 25 heavy (non-hydrogen) atoms. The van der Waals surface area contributed by atoms with Crippen molar-refractivity contribution in [2.24, 2.45) is 4.99 Å². The second kappa shape index (κ2) is 9.59. The highest BCUT2D eigenvalue weighted by Crippen LogP contribution is 2.32. The molecule has 0 atom stereocenters. The Hall–Kier alpha value is -1.85.